The van der Waals surface area contributed by atoms with E-state index in [0.29, 0.717) is 25.2 Å². The van der Waals surface area contributed by atoms with Crippen LogP contribution in [0.15, 0.2) is 76.4 Å². The molecule has 3 aliphatic heterocycles. The average Bonchev–Trinajstić information content (AvgIpc) is 3.76. The summed E-state index contributed by atoms with van der Waals surface area (Å²) in [6, 6.07) is 23.0. The van der Waals surface area contributed by atoms with Crippen molar-refractivity contribution in [1.29, 1.82) is 0 Å². The van der Waals surface area contributed by atoms with Gasteiger partial charge in [-0.25, -0.2) is 9.46 Å². The monoisotopic (exact) mass is 653 g/mol. The first-order valence-electron chi connectivity index (χ1n) is 15.9. The lowest BCUT2D eigenvalue weighted by atomic mass is 10.1. The highest BCUT2D eigenvalue weighted by atomic mass is 31.2. The van der Waals surface area contributed by atoms with Crippen LogP contribution in [0.2, 0.25) is 12.6 Å². The van der Waals surface area contributed by atoms with Crippen molar-refractivity contribution in [2.24, 2.45) is 0 Å². The van der Waals surface area contributed by atoms with Crippen LogP contribution in [-0.4, -0.2) is 79.6 Å². The number of methoxy groups -OCH3 is 1. The van der Waals surface area contributed by atoms with Gasteiger partial charge in [0.25, 0.3) is 14.1 Å². The quantitative estimate of drug-likeness (QED) is 0.180. The van der Waals surface area contributed by atoms with Crippen molar-refractivity contribution in [3.63, 3.8) is 0 Å². The van der Waals surface area contributed by atoms with Crippen LogP contribution < -0.4 is 21.6 Å². The molecule has 12 heteroatoms. The first-order chi connectivity index (χ1) is 21.8. The molecule has 3 aromatic rings. The second-order valence-electron chi connectivity index (χ2n) is 12.4. The minimum atomic E-state index is -2.15. The van der Waals surface area contributed by atoms with Crippen molar-refractivity contribution in [2.75, 3.05) is 26.9 Å². The number of nitrogens with zero attached hydrogens (tertiary/aromatic N) is 2. The number of hydrogen-bond donors (Lipinski definition) is 1. The van der Waals surface area contributed by atoms with Crippen molar-refractivity contribution in [1.82, 2.24) is 14.2 Å². The molecule has 0 radical (unpaired) electrons. The van der Waals surface area contributed by atoms with Crippen LogP contribution in [0, 0.1) is 6.92 Å². The standard InChI is InChI=1S/C33H44N3O7PSi/c1-5-27-29(30(40-20-19-39-3)32(41-27)35-21-23(2)31(37)34-33(35)38)43-44-36-18-12-17-26(36)28(42-44)22-45(4,24-13-8-6-9-14-24)25-15-10-7-11-16-25/h6-11,13-16,21,26-30,32H,5,12,17-20,22H2,1-4H3,(H,34,37,38)/t26-,27-,28+,29+,30?,32-,44+/m1/s1. The van der Waals surface area contributed by atoms with Crippen molar-refractivity contribution in [3.8, 4) is 0 Å². The van der Waals surface area contributed by atoms with Crippen LogP contribution in [0.25, 0.3) is 0 Å². The molecule has 0 aliphatic carbocycles. The highest BCUT2D eigenvalue weighted by molar-refractivity contribution is 7.45. The number of benzene rings is 2. The third-order valence-corrected chi connectivity index (χ3v) is 15.7. The summed E-state index contributed by atoms with van der Waals surface area (Å²) in [4.78, 5) is 27.5. The van der Waals surface area contributed by atoms with Crippen molar-refractivity contribution < 1.29 is 23.3 Å². The molecular formula is C33H44N3O7PSi. The highest BCUT2D eigenvalue weighted by Gasteiger charge is 2.54. The summed E-state index contributed by atoms with van der Waals surface area (Å²) in [5, 5.41) is 2.79. The number of aromatic amines is 1. The van der Waals surface area contributed by atoms with Gasteiger partial charge in [-0.3, -0.25) is 14.3 Å². The number of nitrogens with one attached hydrogen (secondary N) is 1. The third kappa shape index (κ3) is 6.55. The van der Waals surface area contributed by atoms with E-state index in [2.05, 4.69) is 76.9 Å². The summed E-state index contributed by atoms with van der Waals surface area (Å²) < 4.78 is 35.8. The molecule has 6 rings (SSSR count). The van der Waals surface area contributed by atoms with Crippen molar-refractivity contribution in [3.05, 3.63) is 93.3 Å². The molecule has 3 aliphatic rings. The second kappa shape index (κ2) is 14.1. The fourth-order valence-electron chi connectivity index (χ4n) is 6.99. The van der Waals surface area contributed by atoms with E-state index in [0.717, 1.165) is 25.4 Å². The fourth-order valence-corrected chi connectivity index (χ4v) is 13.0. The van der Waals surface area contributed by atoms with E-state index in [-0.39, 0.29) is 18.2 Å². The molecule has 0 amide bonds. The van der Waals surface area contributed by atoms with Gasteiger partial charge in [0.2, 0.25) is 0 Å². The van der Waals surface area contributed by atoms with Crippen molar-refractivity contribution in [2.45, 2.75) is 82.4 Å². The van der Waals surface area contributed by atoms with Crippen LogP contribution >= 0.6 is 8.53 Å². The number of ether oxygens (including phenoxy) is 3. The van der Waals surface area contributed by atoms with Crippen LogP contribution in [-0.2, 0) is 23.3 Å². The predicted octanol–water partition coefficient (Wildman–Crippen LogP) is 3.55. The van der Waals surface area contributed by atoms with Gasteiger partial charge in [0.15, 0.2) is 6.23 Å². The van der Waals surface area contributed by atoms with Gasteiger partial charge >= 0.3 is 5.69 Å². The molecule has 3 fully saturated rings. The number of hydrogen-bond acceptors (Lipinski definition) is 8. The van der Waals surface area contributed by atoms with Gasteiger partial charge in [0, 0.05) is 31.5 Å². The molecule has 10 nitrogen and oxygen atoms in total. The third-order valence-electron chi connectivity index (χ3n) is 9.48. The molecule has 7 atom stereocenters. The molecule has 4 heterocycles. The zero-order valence-corrected chi connectivity index (χ0v) is 28.4. The van der Waals surface area contributed by atoms with Gasteiger partial charge < -0.3 is 23.3 Å². The summed E-state index contributed by atoms with van der Waals surface area (Å²) >= 11 is 0. The maximum atomic E-state index is 12.9. The molecule has 1 N–H and O–H groups in total. The van der Waals surface area contributed by atoms with Gasteiger partial charge in [-0.1, -0.05) is 84.5 Å². The normalized spacial score (nSPS) is 28.5. The number of aromatic nitrogens is 2. The highest BCUT2D eigenvalue weighted by Crippen LogP contribution is 2.59. The summed E-state index contributed by atoms with van der Waals surface area (Å²) in [6.07, 6.45) is 2.22. The molecule has 45 heavy (non-hydrogen) atoms. The van der Waals surface area contributed by atoms with Gasteiger partial charge in [0.1, 0.15) is 20.3 Å². The lowest BCUT2D eigenvalue weighted by molar-refractivity contribution is -0.0782. The summed E-state index contributed by atoms with van der Waals surface area (Å²) in [5.41, 5.74) is -0.539. The average molecular weight is 654 g/mol. The first kappa shape index (κ1) is 32.5. The summed E-state index contributed by atoms with van der Waals surface area (Å²) in [5.74, 6) is 0. The first-order valence-corrected chi connectivity index (χ1v) is 19.8. The summed E-state index contributed by atoms with van der Waals surface area (Å²) in [6.45, 7) is 7.77. The minimum Gasteiger partial charge on any atom is -0.382 e. The van der Waals surface area contributed by atoms with E-state index in [1.807, 2.05) is 6.92 Å². The topological polar surface area (TPSA) is 104 Å². The fraction of sp³-hybridized carbons (Fsp3) is 0.515. The van der Waals surface area contributed by atoms with E-state index in [9.17, 15) is 9.59 Å². The Hall–Kier alpha value is -2.47. The van der Waals surface area contributed by atoms with Gasteiger partial charge in [-0.15, -0.1) is 0 Å². The van der Waals surface area contributed by atoms with E-state index in [4.69, 9.17) is 23.3 Å². The van der Waals surface area contributed by atoms with E-state index < -0.39 is 46.3 Å². The Morgan fingerprint density at radius 3 is 2.33 bits per heavy atom. The smallest absolute Gasteiger partial charge is 0.330 e. The molecule has 0 bridgehead atoms. The zero-order chi connectivity index (χ0) is 31.6. The Bertz CT molecular complexity index is 1500. The molecule has 1 aromatic heterocycles. The Morgan fingerprint density at radius 1 is 1.00 bits per heavy atom. The van der Waals surface area contributed by atoms with Gasteiger partial charge in [0.05, 0.1) is 25.4 Å². The molecule has 1 unspecified atom stereocenters. The molecule has 2 aromatic carbocycles. The Morgan fingerprint density at radius 2 is 1.69 bits per heavy atom. The van der Waals surface area contributed by atoms with E-state index in [1.165, 1.54) is 21.1 Å². The number of aryl methyl sites for hydroxylation is 1. The lowest BCUT2D eigenvalue weighted by Gasteiger charge is -2.32. The molecular weight excluding hydrogens is 609 g/mol. The van der Waals surface area contributed by atoms with Crippen LogP contribution in [0.1, 0.15) is 38.0 Å². The van der Waals surface area contributed by atoms with Crippen LogP contribution in [0.5, 0.6) is 0 Å². The summed E-state index contributed by atoms with van der Waals surface area (Å²) in [7, 11) is -1.93. The maximum Gasteiger partial charge on any atom is 0.330 e. The number of H-pyrrole nitrogens is 1. The zero-order valence-electron chi connectivity index (χ0n) is 26.5. The number of rotatable bonds is 12. The molecule has 0 spiro atoms. The van der Waals surface area contributed by atoms with Crippen LogP contribution in [0.3, 0.4) is 0 Å². The molecule has 0 saturated carbocycles. The Kier molecular flexibility index (Phi) is 10.2. The van der Waals surface area contributed by atoms with Gasteiger partial charge in [-0.05, 0) is 32.2 Å². The predicted molar refractivity (Wildman–Crippen MR) is 177 cm³/mol. The minimum absolute atomic E-state index is 0.0335. The molecule has 242 valence electrons. The largest absolute Gasteiger partial charge is 0.382 e. The lowest BCUT2D eigenvalue weighted by Crippen LogP contribution is -2.58. The van der Waals surface area contributed by atoms with E-state index in [1.54, 1.807) is 14.0 Å². The van der Waals surface area contributed by atoms with Crippen LogP contribution in [0.4, 0.5) is 0 Å². The SMILES string of the molecule is CC[C@H]1O[C@@H](n2cc(C)c(=O)[nH]c2=O)C(OCCOC)[C@H]1O[P@]1O[C@@H](C[Si](C)(c2ccccc2)c2ccccc2)[C@H]2CCCN21. The Labute approximate surface area is 266 Å². The van der Waals surface area contributed by atoms with Gasteiger partial charge in [-0.2, -0.15) is 0 Å². The molecule has 3 saturated heterocycles. The maximum absolute atomic E-state index is 12.9. The van der Waals surface area contributed by atoms with Crippen molar-refractivity contribution >= 4 is 27.0 Å². The Balaban J connectivity index is 1.28. The number of fused-ring (bicyclic) bond motifs is 1. The second-order valence-corrected chi connectivity index (χ2v) is 18.0. The van der Waals surface area contributed by atoms with E-state index >= 15 is 0 Å².